The van der Waals surface area contributed by atoms with Crippen molar-refractivity contribution < 1.29 is 53.4 Å². The number of likely N-dealkylation sites (tertiary alicyclic amines) is 3. The van der Waals surface area contributed by atoms with Gasteiger partial charge in [0.15, 0.2) is 0 Å². The Labute approximate surface area is 340 Å². The summed E-state index contributed by atoms with van der Waals surface area (Å²) >= 11 is 0. The van der Waals surface area contributed by atoms with E-state index in [1.807, 2.05) is 0 Å². The van der Waals surface area contributed by atoms with Crippen LogP contribution in [0.3, 0.4) is 0 Å². The third kappa shape index (κ3) is 12.0. The molecule has 22 nitrogen and oxygen atoms in total. The molecule has 8 atom stereocenters. The Kier molecular flexibility index (Phi) is 16.7. The zero-order chi connectivity index (χ0) is 43.4. The lowest BCUT2D eigenvalue weighted by Gasteiger charge is -2.33. The first-order valence-electron chi connectivity index (χ1n) is 20.0. The van der Waals surface area contributed by atoms with E-state index in [-0.39, 0.29) is 51.2 Å². The fourth-order valence-electron chi connectivity index (χ4n) is 7.65. The van der Waals surface area contributed by atoms with Crippen LogP contribution in [0.2, 0.25) is 0 Å². The van der Waals surface area contributed by atoms with Crippen molar-refractivity contribution in [2.24, 2.45) is 17.4 Å². The van der Waals surface area contributed by atoms with Gasteiger partial charge >= 0.3 is 5.97 Å². The van der Waals surface area contributed by atoms with Gasteiger partial charge in [-0.25, -0.2) is 9.78 Å². The van der Waals surface area contributed by atoms with Gasteiger partial charge in [0, 0.05) is 44.4 Å². The summed E-state index contributed by atoms with van der Waals surface area (Å²) in [6, 6.07) is -7.91. The average Bonchev–Trinajstić information content (AvgIpc) is 4.06. The molecular formula is C37H57N11O11. The van der Waals surface area contributed by atoms with Crippen molar-refractivity contribution >= 4 is 53.2 Å². The molecule has 326 valence electrons. The molecule has 4 heterocycles. The summed E-state index contributed by atoms with van der Waals surface area (Å²) in [6.07, 6.45) is 5.26. The molecule has 8 amide bonds. The van der Waals surface area contributed by atoms with E-state index in [4.69, 9.17) is 11.5 Å². The standard InChI is InChI=1S/C37H57N11O11/c1-3-20(2)30(45-31(52)22(38)10-11-28(39)50)33(54)41-17-29(51)43-23(15-21-16-40-19-42-21)34(55)46-12-4-7-25(46)32(53)44-24(18-49)35(56)47-13-5-8-26(47)36(57)48-14-6-9-27(48)37(58)59/h16,19-20,22-27,30,49H,3-15,17-18,38H2,1-2H3,(H2,39,50)(H,40,42)(H,41,54)(H,43,51)(H,44,53)(H,45,52)(H,58,59). The fourth-order valence-corrected chi connectivity index (χ4v) is 7.65. The summed E-state index contributed by atoms with van der Waals surface area (Å²) in [5.41, 5.74) is 11.5. The second-order valence-electron chi connectivity index (χ2n) is 15.3. The van der Waals surface area contributed by atoms with Gasteiger partial charge in [0.25, 0.3) is 0 Å². The molecule has 8 unspecified atom stereocenters. The van der Waals surface area contributed by atoms with E-state index in [2.05, 4.69) is 31.2 Å². The number of hydrogen-bond acceptors (Lipinski definition) is 12. The number of imidazole rings is 1. The van der Waals surface area contributed by atoms with E-state index in [0.717, 1.165) is 0 Å². The van der Waals surface area contributed by atoms with Crippen LogP contribution in [0.1, 0.15) is 77.3 Å². The fraction of sp³-hybridized carbons (Fsp3) is 0.676. The van der Waals surface area contributed by atoms with Crippen LogP contribution in [0.25, 0.3) is 0 Å². The van der Waals surface area contributed by atoms with E-state index in [1.165, 1.54) is 27.2 Å². The number of hydrogen-bond donors (Lipinski definition) is 9. The maximum absolute atomic E-state index is 14.1. The molecule has 0 bridgehead atoms. The van der Waals surface area contributed by atoms with Crippen LogP contribution in [0.5, 0.6) is 0 Å². The topological polar surface area (TPSA) is 333 Å². The molecule has 1 aromatic heterocycles. The summed E-state index contributed by atoms with van der Waals surface area (Å²) < 4.78 is 0. The number of aromatic nitrogens is 2. The minimum atomic E-state index is -1.46. The number of primary amides is 1. The third-order valence-corrected chi connectivity index (χ3v) is 11.1. The Balaban J connectivity index is 1.40. The number of aliphatic hydroxyl groups is 1. The van der Waals surface area contributed by atoms with Crippen LogP contribution in [0.4, 0.5) is 0 Å². The number of carbonyl (C=O) groups excluding carboxylic acids is 8. The van der Waals surface area contributed by atoms with Gasteiger partial charge in [-0.2, -0.15) is 0 Å². The van der Waals surface area contributed by atoms with Gasteiger partial charge in [-0.05, 0) is 50.9 Å². The van der Waals surface area contributed by atoms with E-state index < -0.39 is 109 Å². The molecule has 0 aromatic carbocycles. The molecule has 59 heavy (non-hydrogen) atoms. The summed E-state index contributed by atoms with van der Waals surface area (Å²) in [5, 5.41) is 30.0. The molecule has 1 aromatic rings. The highest BCUT2D eigenvalue weighted by atomic mass is 16.4. The van der Waals surface area contributed by atoms with Crippen molar-refractivity contribution in [1.82, 2.24) is 45.9 Å². The van der Waals surface area contributed by atoms with E-state index in [9.17, 15) is 53.4 Å². The number of amides is 8. The Morgan fingerprint density at radius 2 is 1.47 bits per heavy atom. The zero-order valence-corrected chi connectivity index (χ0v) is 33.4. The van der Waals surface area contributed by atoms with Gasteiger partial charge in [0.1, 0.15) is 36.3 Å². The van der Waals surface area contributed by atoms with Crippen LogP contribution in [0, 0.1) is 5.92 Å². The quantitative estimate of drug-likeness (QED) is 0.0610. The lowest BCUT2D eigenvalue weighted by Crippen LogP contribution is -2.59. The predicted octanol–water partition coefficient (Wildman–Crippen LogP) is -3.79. The zero-order valence-electron chi connectivity index (χ0n) is 33.4. The number of H-pyrrole nitrogens is 1. The molecule has 22 heteroatoms. The number of aliphatic hydroxyl groups excluding tert-OH is 1. The van der Waals surface area contributed by atoms with Crippen molar-refractivity contribution in [3.05, 3.63) is 18.2 Å². The maximum atomic E-state index is 14.1. The first kappa shape index (κ1) is 46.1. The van der Waals surface area contributed by atoms with Crippen LogP contribution in [-0.2, 0) is 49.6 Å². The number of rotatable bonds is 20. The van der Waals surface area contributed by atoms with Crippen molar-refractivity contribution in [3.63, 3.8) is 0 Å². The highest BCUT2D eigenvalue weighted by Gasteiger charge is 2.45. The van der Waals surface area contributed by atoms with Crippen molar-refractivity contribution in [3.8, 4) is 0 Å². The van der Waals surface area contributed by atoms with Gasteiger partial charge in [0.2, 0.25) is 47.3 Å². The molecule has 11 N–H and O–H groups in total. The maximum Gasteiger partial charge on any atom is 0.326 e. The molecule has 3 aliphatic heterocycles. The molecule has 0 saturated carbocycles. The van der Waals surface area contributed by atoms with Gasteiger partial charge in [-0.3, -0.25) is 38.4 Å². The third-order valence-electron chi connectivity index (χ3n) is 11.1. The summed E-state index contributed by atoms with van der Waals surface area (Å²) in [4.78, 5) is 128. The lowest BCUT2D eigenvalue weighted by molar-refractivity contribution is -0.152. The van der Waals surface area contributed by atoms with Crippen molar-refractivity contribution in [2.45, 2.75) is 120 Å². The number of nitrogens with zero attached hydrogens (tertiary/aromatic N) is 4. The number of aromatic amines is 1. The largest absolute Gasteiger partial charge is 0.480 e. The highest BCUT2D eigenvalue weighted by molar-refractivity contribution is 5.97. The number of nitrogens with one attached hydrogen (secondary N) is 5. The minimum Gasteiger partial charge on any atom is -0.480 e. The summed E-state index contributed by atoms with van der Waals surface area (Å²) in [5.74, 6) is -6.84. The monoisotopic (exact) mass is 831 g/mol. The molecule has 3 saturated heterocycles. The number of carbonyl (C=O) groups is 9. The lowest BCUT2D eigenvalue weighted by atomic mass is 9.97. The SMILES string of the molecule is CCC(C)C(NC(=O)C(N)CCC(N)=O)C(=O)NCC(=O)NC(Cc1cnc[nH]1)C(=O)N1CCCC1C(=O)NC(CO)C(=O)N1CCCC1C(=O)N1CCCC1C(=O)O. The molecule has 3 aliphatic rings. The van der Waals surface area contributed by atoms with E-state index >= 15 is 0 Å². The Morgan fingerprint density at radius 1 is 0.864 bits per heavy atom. The Hall–Kier alpha value is -5.64. The number of carboxylic acid groups (broad SMARTS) is 1. The van der Waals surface area contributed by atoms with Gasteiger partial charge in [0.05, 0.1) is 25.5 Å². The Morgan fingerprint density at radius 3 is 2.07 bits per heavy atom. The molecule has 4 rings (SSSR count). The van der Waals surface area contributed by atoms with Gasteiger partial charge < -0.3 is 62.6 Å². The summed E-state index contributed by atoms with van der Waals surface area (Å²) in [6.45, 7) is 2.66. The van der Waals surface area contributed by atoms with Gasteiger partial charge in [-0.15, -0.1) is 0 Å². The summed E-state index contributed by atoms with van der Waals surface area (Å²) in [7, 11) is 0. The molecule has 0 radical (unpaired) electrons. The van der Waals surface area contributed by atoms with E-state index in [1.54, 1.807) is 13.8 Å². The van der Waals surface area contributed by atoms with Crippen molar-refractivity contribution in [1.29, 1.82) is 0 Å². The van der Waals surface area contributed by atoms with Crippen LogP contribution >= 0.6 is 0 Å². The predicted molar refractivity (Wildman–Crippen MR) is 206 cm³/mol. The second kappa shape index (κ2) is 21.4. The first-order chi connectivity index (χ1) is 28.1. The van der Waals surface area contributed by atoms with Crippen LogP contribution in [0.15, 0.2) is 12.5 Å². The molecule has 0 aliphatic carbocycles. The van der Waals surface area contributed by atoms with E-state index in [0.29, 0.717) is 44.2 Å². The Bertz CT molecular complexity index is 1710. The normalized spacial score (nSPS) is 21.5. The minimum absolute atomic E-state index is 0.0259. The number of nitrogens with two attached hydrogens (primary N) is 2. The van der Waals surface area contributed by atoms with Gasteiger partial charge in [-0.1, -0.05) is 20.3 Å². The first-order valence-corrected chi connectivity index (χ1v) is 20.0. The smallest absolute Gasteiger partial charge is 0.326 e. The molecule has 0 spiro atoms. The average molecular weight is 832 g/mol. The highest BCUT2D eigenvalue weighted by Crippen LogP contribution is 2.26. The molecular weight excluding hydrogens is 774 g/mol. The van der Waals surface area contributed by atoms with Crippen LogP contribution < -0.4 is 32.7 Å². The van der Waals surface area contributed by atoms with Crippen LogP contribution in [-0.4, -0.2) is 163 Å². The van der Waals surface area contributed by atoms with Crippen molar-refractivity contribution in [2.75, 3.05) is 32.8 Å². The number of aliphatic carboxylic acids is 1. The molecule has 3 fully saturated rings. The second-order valence-corrected chi connectivity index (χ2v) is 15.3. The number of carboxylic acids is 1.